The van der Waals surface area contributed by atoms with Gasteiger partial charge in [0.25, 0.3) is 0 Å². The van der Waals surface area contributed by atoms with Crippen LogP contribution >= 0.6 is 57.6 Å². The third-order valence-electron chi connectivity index (χ3n) is 18.1. The van der Waals surface area contributed by atoms with E-state index in [1.807, 2.05) is 22.7 Å². The Morgan fingerprint density at radius 3 is 1.14 bits per heavy atom. The molecule has 7 heteroatoms. The molecule has 16 aromatic rings. The van der Waals surface area contributed by atoms with Crippen molar-refractivity contribution in [1.82, 2.24) is 0 Å². The monoisotopic (exact) mass is 1210 g/mol. The van der Waals surface area contributed by atoms with E-state index in [0.717, 1.165) is 55.0 Å². The van der Waals surface area contributed by atoms with Gasteiger partial charge in [-0.25, -0.2) is 0 Å². The summed E-state index contributed by atoms with van der Waals surface area (Å²) in [5.41, 5.74) is 17.6. The van der Waals surface area contributed by atoms with Crippen molar-refractivity contribution in [3.05, 3.63) is 323 Å². The van der Waals surface area contributed by atoms with Crippen LogP contribution in [0.25, 0.3) is 95.3 Å². The summed E-state index contributed by atoms with van der Waals surface area (Å²) in [6.45, 7) is 0. The van der Waals surface area contributed by atoms with E-state index >= 15 is 0 Å². The van der Waals surface area contributed by atoms with Crippen molar-refractivity contribution in [2.75, 3.05) is 9.80 Å². The summed E-state index contributed by atoms with van der Waals surface area (Å²) in [6, 6.07) is 108. The zero-order valence-corrected chi connectivity index (χ0v) is 51.0. The number of para-hydroxylation sites is 2. The molecule has 0 atom stereocenters. The summed E-state index contributed by atoms with van der Waals surface area (Å²) in [6.07, 6.45) is 0. The smallest absolute Gasteiger partial charge is 0.0735 e. The fourth-order valence-electron chi connectivity index (χ4n) is 14.3. The highest BCUT2D eigenvalue weighted by molar-refractivity contribution is 7.99. The van der Waals surface area contributed by atoms with E-state index < -0.39 is 5.41 Å². The molecule has 1 aliphatic carbocycles. The number of rotatable bonds is 8. The second-order valence-corrected chi connectivity index (χ2v) is 27.1. The topological polar surface area (TPSA) is 6.48 Å². The minimum Gasteiger partial charge on any atom is -0.310 e. The summed E-state index contributed by atoms with van der Waals surface area (Å²) in [7, 11) is 0. The molecular weight excluding hydrogens is 1170 g/mol. The fraction of sp³-hybridized carbons (Fsp3) is 0.0123. The third-order valence-corrected chi connectivity index (χ3v) is 22.2. The molecule has 2 aliphatic rings. The maximum atomic E-state index is 7.00. The fourth-order valence-corrected chi connectivity index (χ4v) is 18.5. The zero-order valence-electron chi connectivity index (χ0n) is 47.1. The van der Waals surface area contributed by atoms with Crippen LogP contribution in [0.1, 0.15) is 22.3 Å². The minimum absolute atomic E-state index is 0.699. The van der Waals surface area contributed by atoms with E-state index in [4.69, 9.17) is 23.2 Å². The molecule has 0 amide bonds. The Morgan fingerprint density at radius 1 is 0.273 bits per heavy atom. The van der Waals surface area contributed by atoms with E-state index in [1.165, 1.54) is 106 Å². The van der Waals surface area contributed by atoms with Gasteiger partial charge < -0.3 is 9.80 Å². The van der Waals surface area contributed by atoms with Gasteiger partial charge in [0.2, 0.25) is 0 Å². The van der Waals surface area contributed by atoms with Crippen molar-refractivity contribution in [1.29, 1.82) is 0 Å². The largest absolute Gasteiger partial charge is 0.310 e. The van der Waals surface area contributed by atoms with Crippen molar-refractivity contribution in [2.45, 2.75) is 15.2 Å². The molecule has 1 aliphatic heterocycles. The van der Waals surface area contributed by atoms with Crippen LogP contribution in [0, 0.1) is 0 Å². The Labute approximate surface area is 531 Å². The molecule has 2 aromatic heterocycles. The van der Waals surface area contributed by atoms with E-state index in [9.17, 15) is 0 Å². The Hall–Kier alpha value is -9.43. The average molecular weight is 1220 g/mol. The molecule has 14 aromatic carbocycles. The molecule has 0 saturated heterocycles. The van der Waals surface area contributed by atoms with Gasteiger partial charge in [-0.15, -0.1) is 22.7 Å². The molecular formula is C81H48Cl2N2S3. The molecule has 0 radical (unpaired) electrons. The maximum absolute atomic E-state index is 7.00. The summed E-state index contributed by atoms with van der Waals surface area (Å²) >= 11 is 19.5. The van der Waals surface area contributed by atoms with Crippen molar-refractivity contribution in [2.24, 2.45) is 0 Å². The van der Waals surface area contributed by atoms with Gasteiger partial charge in [-0.1, -0.05) is 205 Å². The second kappa shape index (κ2) is 20.3. The van der Waals surface area contributed by atoms with Gasteiger partial charge in [0.15, 0.2) is 0 Å². The summed E-state index contributed by atoms with van der Waals surface area (Å²) < 4.78 is 5.09. The molecule has 1 spiro atoms. The average Bonchev–Trinajstić information content (AvgIpc) is 1.49. The van der Waals surface area contributed by atoms with Crippen LogP contribution in [-0.2, 0) is 5.41 Å². The minimum atomic E-state index is -0.725. The van der Waals surface area contributed by atoms with E-state index in [-0.39, 0.29) is 0 Å². The van der Waals surface area contributed by atoms with Gasteiger partial charge in [-0.3, -0.25) is 0 Å². The maximum Gasteiger partial charge on any atom is 0.0735 e. The summed E-state index contributed by atoms with van der Waals surface area (Å²) in [4.78, 5) is 7.16. The SMILES string of the molecule is Clc1ccc2c(c1)Sc1cc(Cl)ccc1C21c2ccc(N(c3ccccc3)c3cc(-c4ccc5ccccc5c4)c4sc5ccccc5c4c3)cc2-c2cc(N(c3ccccc3)c3cc(-c4ccc5ccccc5c4)c4sc5ccccc5c4c3)ccc21. The number of nitrogens with zero attached hydrogens (tertiary/aromatic N) is 2. The first-order chi connectivity index (χ1) is 43.4. The quantitative estimate of drug-likeness (QED) is 0.150. The van der Waals surface area contributed by atoms with Crippen LogP contribution in [-0.4, -0.2) is 0 Å². The predicted octanol–water partition coefficient (Wildman–Crippen LogP) is 25.1. The predicted molar refractivity (Wildman–Crippen MR) is 379 cm³/mol. The molecule has 0 N–H and O–H groups in total. The summed E-state index contributed by atoms with van der Waals surface area (Å²) in [5.74, 6) is 0. The highest BCUT2D eigenvalue weighted by Crippen LogP contribution is 2.64. The lowest BCUT2D eigenvalue weighted by molar-refractivity contribution is 0.722. The molecule has 0 saturated carbocycles. The first-order valence-corrected chi connectivity index (χ1v) is 32.8. The van der Waals surface area contributed by atoms with E-state index in [0.29, 0.717) is 10.0 Å². The van der Waals surface area contributed by atoms with Crippen LogP contribution in [0.2, 0.25) is 10.0 Å². The number of hydrogen-bond acceptors (Lipinski definition) is 5. The standard InChI is InChI=1S/C81H48Cl2N2S3/c82-55-31-35-73-77(41-55)86-78-42-56(83)32-36-74(78)81(73)71-37-33-59(84(57-19-3-1-4-20-57)61-45-65(53-29-27-49-15-7-9-17-51(49)39-53)79-69(47-61)63-23-11-13-25-75(63)87-79)43-67(71)68-44-60(34-38-72(68)81)85(58-21-5-2-6-22-58)62-46-66(54-30-28-50-16-8-10-18-52(50)40-54)80-70(48-62)64-24-12-14-26-76(64)88-80/h1-48H. The Balaban J connectivity index is 0.901. The highest BCUT2D eigenvalue weighted by atomic mass is 35.5. The van der Waals surface area contributed by atoms with Gasteiger partial charge in [0, 0.05) is 105 Å². The Morgan fingerprint density at radius 2 is 0.670 bits per heavy atom. The van der Waals surface area contributed by atoms with Crippen molar-refractivity contribution < 1.29 is 0 Å². The lowest BCUT2D eigenvalue weighted by atomic mass is 9.67. The molecule has 2 nitrogen and oxygen atoms in total. The van der Waals surface area contributed by atoms with Crippen molar-refractivity contribution in [3.8, 4) is 33.4 Å². The summed E-state index contributed by atoms with van der Waals surface area (Å²) in [5, 5.41) is 11.3. The molecule has 0 fully saturated rings. The Kier molecular flexibility index (Phi) is 12.0. The number of thiophene rings is 2. The highest BCUT2D eigenvalue weighted by Gasteiger charge is 2.51. The normalized spacial score (nSPS) is 12.9. The van der Waals surface area contributed by atoms with Crippen LogP contribution < -0.4 is 9.80 Å². The van der Waals surface area contributed by atoms with E-state index in [2.05, 4.69) is 301 Å². The number of halogens is 2. The lowest BCUT2D eigenvalue weighted by Gasteiger charge is -2.40. The van der Waals surface area contributed by atoms with Crippen molar-refractivity contribution >= 4 is 154 Å². The van der Waals surface area contributed by atoms with Crippen LogP contribution in [0.4, 0.5) is 34.1 Å². The van der Waals surface area contributed by atoms with Gasteiger partial charge in [0.1, 0.15) is 0 Å². The number of anilines is 6. The number of hydrogen-bond donors (Lipinski definition) is 0. The van der Waals surface area contributed by atoms with Crippen molar-refractivity contribution in [3.63, 3.8) is 0 Å². The first kappa shape index (κ1) is 51.8. The van der Waals surface area contributed by atoms with Gasteiger partial charge >= 0.3 is 0 Å². The molecule has 18 rings (SSSR count). The molecule has 88 heavy (non-hydrogen) atoms. The van der Waals surface area contributed by atoms with Crippen LogP contribution in [0.3, 0.4) is 0 Å². The third kappa shape index (κ3) is 8.08. The zero-order chi connectivity index (χ0) is 58.2. The van der Waals surface area contributed by atoms with Gasteiger partial charge in [-0.05, 0) is 187 Å². The van der Waals surface area contributed by atoms with Crippen LogP contribution in [0.5, 0.6) is 0 Å². The second-order valence-electron chi connectivity index (χ2n) is 23.0. The molecule has 0 bridgehead atoms. The van der Waals surface area contributed by atoms with Crippen LogP contribution in [0.15, 0.2) is 301 Å². The lowest BCUT2D eigenvalue weighted by Crippen LogP contribution is -2.32. The first-order valence-electron chi connectivity index (χ1n) is 29.6. The number of benzene rings is 14. The molecule has 414 valence electrons. The number of fused-ring (bicyclic) bond motifs is 17. The molecule has 3 heterocycles. The molecule has 0 unspecified atom stereocenters. The Bertz CT molecular complexity index is 5210. The van der Waals surface area contributed by atoms with Gasteiger partial charge in [0.05, 0.1) is 5.41 Å². The van der Waals surface area contributed by atoms with E-state index in [1.54, 1.807) is 11.8 Å². The van der Waals surface area contributed by atoms with Gasteiger partial charge in [-0.2, -0.15) is 0 Å².